The summed E-state index contributed by atoms with van der Waals surface area (Å²) < 4.78 is 0. The molecule has 0 fully saturated rings. The van der Waals surface area contributed by atoms with Crippen LogP contribution in [0, 0.1) is 0 Å². The lowest BCUT2D eigenvalue weighted by molar-refractivity contribution is -0.129. The molecular formula is C19H29N4O3. The highest BCUT2D eigenvalue weighted by Crippen LogP contribution is 2.04. The Morgan fingerprint density at radius 1 is 1.12 bits per heavy atom. The molecule has 5 N–H and O–H groups in total. The Balaban J connectivity index is 2.52. The van der Waals surface area contributed by atoms with Gasteiger partial charge in [-0.3, -0.25) is 14.4 Å². The summed E-state index contributed by atoms with van der Waals surface area (Å²) in [6.45, 7) is 2.13. The van der Waals surface area contributed by atoms with Crippen molar-refractivity contribution in [3.05, 3.63) is 35.9 Å². The third-order valence-electron chi connectivity index (χ3n) is 4.11. The highest BCUT2D eigenvalue weighted by molar-refractivity contribution is 5.90. The number of benzene rings is 1. The van der Waals surface area contributed by atoms with Gasteiger partial charge in [0.25, 0.3) is 0 Å². The van der Waals surface area contributed by atoms with Gasteiger partial charge in [-0.15, -0.1) is 0 Å². The normalized spacial score (nSPS) is 14.1. The molecule has 0 bridgehead atoms. The molecule has 3 atom stereocenters. The van der Waals surface area contributed by atoms with Crippen LogP contribution in [0.1, 0.15) is 31.7 Å². The van der Waals surface area contributed by atoms with Crippen molar-refractivity contribution in [2.45, 2.75) is 50.7 Å². The molecule has 0 unspecified atom stereocenters. The number of likely N-dealkylation sites (N-methyl/N-ethyl adjacent to an activating group) is 1. The molecule has 0 aromatic heterocycles. The molecule has 1 radical (unpaired) electrons. The van der Waals surface area contributed by atoms with Crippen LogP contribution in [-0.2, 0) is 20.8 Å². The van der Waals surface area contributed by atoms with Crippen LogP contribution in [0.15, 0.2) is 30.3 Å². The van der Waals surface area contributed by atoms with Crippen molar-refractivity contribution in [2.75, 3.05) is 13.6 Å². The summed E-state index contributed by atoms with van der Waals surface area (Å²) in [5, 5.41) is 8.25. The van der Waals surface area contributed by atoms with E-state index < -0.39 is 24.0 Å². The highest BCUT2D eigenvalue weighted by atomic mass is 16.2. The molecule has 143 valence electrons. The Morgan fingerprint density at radius 3 is 2.38 bits per heavy atom. The van der Waals surface area contributed by atoms with E-state index in [0.717, 1.165) is 18.4 Å². The fourth-order valence-electron chi connectivity index (χ4n) is 2.51. The first-order chi connectivity index (χ1) is 12.5. The van der Waals surface area contributed by atoms with Crippen LogP contribution in [0.3, 0.4) is 0 Å². The first kappa shape index (κ1) is 21.8. The Bertz CT molecular complexity index is 565. The summed E-state index contributed by atoms with van der Waals surface area (Å²) in [5.74, 6) is -0.678. The molecule has 0 saturated carbocycles. The minimum atomic E-state index is -0.750. The quantitative estimate of drug-likeness (QED) is 0.393. The lowest BCUT2D eigenvalue weighted by Crippen LogP contribution is -2.53. The van der Waals surface area contributed by atoms with E-state index in [1.807, 2.05) is 36.6 Å². The maximum Gasteiger partial charge on any atom is 0.242 e. The molecule has 7 nitrogen and oxygen atoms in total. The van der Waals surface area contributed by atoms with Gasteiger partial charge in [0.2, 0.25) is 18.1 Å². The van der Waals surface area contributed by atoms with E-state index in [2.05, 4.69) is 16.0 Å². The van der Waals surface area contributed by atoms with Gasteiger partial charge < -0.3 is 21.7 Å². The van der Waals surface area contributed by atoms with Gasteiger partial charge in [-0.05, 0) is 51.8 Å². The number of nitrogens with one attached hydrogen (secondary N) is 3. The van der Waals surface area contributed by atoms with E-state index in [1.165, 1.54) is 0 Å². The standard InChI is InChI=1S/C19H29N4O3/c1-14(18(25)23-16(13-24)10-6-7-11-20)22-19(26)17(21-2)12-15-8-4-3-5-9-15/h3-5,8-9,14,16-17,21H,6-7,10-12,20H2,1-2H3,(H,22,26)(H,23,25)/t14-,16-,17-/m0/s1. The van der Waals surface area contributed by atoms with Crippen LogP contribution in [0.25, 0.3) is 0 Å². The molecule has 0 aliphatic carbocycles. The summed E-state index contributed by atoms with van der Waals surface area (Å²) in [6.07, 6.45) is 4.33. The van der Waals surface area contributed by atoms with Crippen molar-refractivity contribution in [3.8, 4) is 0 Å². The van der Waals surface area contributed by atoms with E-state index in [-0.39, 0.29) is 5.91 Å². The zero-order chi connectivity index (χ0) is 19.4. The number of carbonyl (C=O) groups is 2. The predicted octanol–water partition coefficient (Wildman–Crippen LogP) is 0.0453. The van der Waals surface area contributed by atoms with Crippen LogP contribution >= 0.6 is 0 Å². The van der Waals surface area contributed by atoms with Crippen LogP contribution in [-0.4, -0.2) is 49.8 Å². The van der Waals surface area contributed by atoms with Gasteiger partial charge in [-0.2, -0.15) is 0 Å². The van der Waals surface area contributed by atoms with Crippen molar-refractivity contribution in [2.24, 2.45) is 5.73 Å². The van der Waals surface area contributed by atoms with Crippen LogP contribution < -0.4 is 21.7 Å². The van der Waals surface area contributed by atoms with Gasteiger partial charge in [-0.1, -0.05) is 30.3 Å². The fraction of sp³-hybridized carbons (Fsp3) is 0.526. The summed E-state index contributed by atoms with van der Waals surface area (Å²) in [7, 11) is 1.70. The maximum atomic E-state index is 12.4. The molecule has 0 aliphatic rings. The molecule has 0 heterocycles. The Hall–Kier alpha value is -2.25. The van der Waals surface area contributed by atoms with Gasteiger partial charge in [0, 0.05) is 0 Å². The highest BCUT2D eigenvalue weighted by Gasteiger charge is 2.23. The van der Waals surface area contributed by atoms with Crippen molar-refractivity contribution in [1.29, 1.82) is 0 Å². The summed E-state index contributed by atoms with van der Waals surface area (Å²) in [5.41, 5.74) is 6.44. The first-order valence-electron chi connectivity index (χ1n) is 8.91. The molecule has 7 heteroatoms. The molecule has 0 saturated heterocycles. The Labute approximate surface area is 155 Å². The van der Waals surface area contributed by atoms with Gasteiger partial charge in [0.05, 0.1) is 12.1 Å². The largest absolute Gasteiger partial charge is 0.344 e. The van der Waals surface area contributed by atoms with Crippen molar-refractivity contribution in [1.82, 2.24) is 16.0 Å². The smallest absolute Gasteiger partial charge is 0.242 e. The van der Waals surface area contributed by atoms with Crippen molar-refractivity contribution < 1.29 is 14.4 Å². The van der Waals surface area contributed by atoms with E-state index in [1.54, 1.807) is 14.0 Å². The number of hydrogen-bond acceptors (Lipinski definition) is 5. The number of unbranched alkanes of at least 4 members (excludes halogenated alkanes) is 1. The van der Waals surface area contributed by atoms with Crippen molar-refractivity contribution >= 4 is 18.1 Å². The zero-order valence-electron chi connectivity index (χ0n) is 15.5. The number of nitrogens with two attached hydrogens (primary N) is 1. The van der Waals surface area contributed by atoms with Gasteiger partial charge in [0.15, 0.2) is 0 Å². The average molecular weight is 361 g/mol. The molecule has 1 aromatic carbocycles. The molecule has 0 aliphatic heterocycles. The second-order valence-corrected chi connectivity index (χ2v) is 6.22. The summed E-state index contributed by atoms with van der Waals surface area (Å²) in [4.78, 5) is 35.6. The van der Waals surface area contributed by atoms with Crippen molar-refractivity contribution in [3.63, 3.8) is 0 Å². The molecule has 2 amide bonds. The van der Waals surface area contributed by atoms with E-state index >= 15 is 0 Å². The fourth-order valence-corrected chi connectivity index (χ4v) is 2.51. The van der Waals surface area contributed by atoms with Crippen LogP contribution in [0.4, 0.5) is 0 Å². The van der Waals surface area contributed by atoms with E-state index in [4.69, 9.17) is 5.73 Å². The number of amides is 2. The summed E-state index contributed by atoms with van der Waals surface area (Å²) >= 11 is 0. The lowest BCUT2D eigenvalue weighted by atomic mass is 10.1. The Morgan fingerprint density at radius 2 is 1.81 bits per heavy atom. The van der Waals surface area contributed by atoms with E-state index in [9.17, 15) is 14.4 Å². The molecule has 1 rings (SSSR count). The van der Waals surface area contributed by atoms with Crippen LogP contribution in [0.5, 0.6) is 0 Å². The monoisotopic (exact) mass is 361 g/mol. The number of rotatable bonds is 12. The third-order valence-corrected chi connectivity index (χ3v) is 4.11. The SMILES string of the molecule is CN[C@@H](Cc1ccccc1)C(=O)N[C@@H](C)C(=O)N[C@H]([C]=O)CCCCN. The van der Waals surface area contributed by atoms with E-state index in [0.29, 0.717) is 19.4 Å². The predicted molar refractivity (Wildman–Crippen MR) is 101 cm³/mol. The first-order valence-corrected chi connectivity index (χ1v) is 8.91. The average Bonchev–Trinajstić information content (AvgIpc) is 2.65. The van der Waals surface area contributed by atoms with Crippen LogP contribution in [0.2, 0.25) is 0 Å². The topological polar surface area (TPSA) is 113 Å². The van der Waals surface area contributed by atoms with Gasteiger partial charge in [-0.25, -0.2) is 0 Å². The Kier molecular flexibility index (Phi) is 10.2. The molecule has 26 heavy (non-hydrogen) atoms. The maximum absolute atomic E-state index is 12.4. The minimum absolute atomic E-state index is 0.270. The number of carbonyl (C=O) groups excluding carboxylic acids is 3. The third kappa shape index (κ3) is 7.76. The number of hydrogen-bond donors (Lipinski definition) is 4. The molecule has 1 aromatic rings. The minimum Gasteiger partial charge on any atom is -0.344 e. The molecular weight excluding hydrogens is 332 g/mol. The van der Waals surface area contributed by atoms with Gasteiger partial charge >= 0.3 is 0 Å². The molecule has 0 spiro atoms. The lowest BCUT2D eigenvalue weighted by Gasteiger charge is -2.21. The summed E-state index contributed by atoms with van der Waals surface area (Å²) in [6, 6.07) is 7.74. The second-order valence-electron chi connectivity index (χ2n) is 6.22. The zero-order valence-corrected chi connectivity index (χ0v) is 15.5. The second kappa shape index (κ2) is 12.2. The van der Waals surface area contributed by atoms with Gasteiger partial charge in [0.1, 0.15) is 6.04 Å².